The lowest BCUT2D eigenvalue weighted by Gasteiger charge is -2.38. The fraction of sp³-hybridized carbons (Fsp3) is 0.667. The molecule has 0 heterocycles. The molecule has 1 aromatic carbocycles. The fourth-order valence-electron chi connectivity index (χ4n) is 3.63. The van der Waals surface area contributed by atoms with Crippen LogP contribution in [0.3, 0.4) is 0 Å². The van der Waals surface area contributed by atoms with Gasteiger partial charge in [-0.15, -0.1) is 0 Å². The van der Waals surface area contributed by atoms with Crippen LogP contribution in [0.4, 0.5) is 8.78 Å². The first kappa shape index (κ1) is 16.4. The van der Waals surface area contributed by atoms with Crippen molar-refractivity contribution in [2.75, 3.05) is 13.1 Å². The molecule has 1 aliphatic carbocycles. The van der Waals surface area contributed by atoms with E-state index in [-0.39, 0.29) is 5.92 Å². The highest BCUT2D eigenvalue weighted by Gasteiger charge is 2.34. The Balaban J connectivity index is 2.25. The van der Waals surface area contributed by atoms with Gasteiger partial charge >= 0.3 is 0 Å². The van der Waals surface area contributed by atoms with E-state index < -0.39 is 11.6 Å². The zero-order valence-electron chi connectivity index (χ0n) is 13.3. The second-order valence-corrected chi connectivity index (χ2v) is 6.63. The molecule has 0 amide bonds. The lowest BCUT2D eigenvalue weighted by molar-refractivity contribution is 0.188. The summed E-state index contributed by atoms with van der Waals surface area (Å²) in [5.74, 6) is 0.367. The van der Waals surface area contributed by atoms with Gasteiger partial charge in [-0.1, -0.05) is 32.9 Å². The summed E-state index contributed by atoms with van der Waals surface area (Å²) >= 11 is 0. The molecule has 1 N–H and O–H groups in total. The predicted molar refractivity (Wildman–Crippen MR) is 83.3 cm³/mol. The van der Waals surface area contributed by atoms with Crippen LogP contribution in [0.5, 0.6) is 0 Å². The predicted octanol–water partition coefficient (Wildman–Crippen LogP) is 4.73. The minimum atomic E-state index is -0.721. The maximum atomic E-state index is 14.2. The van der Waals surface area contributed by atoms with Gasteiger partial charge in [0.25, 0.3) is 0 Å². The molecular formula is C18H27F2N. The largest absolute Gasteiger partial charge is 0.317 e. The summed E-state index contributed by atoms with van der Waals surface area (Å²) < 4.78 is 27.8. The monoisotopic (exact) mass is 295 g/mol. The van der Waals surface area contributed by atoms with Gasteiger partial charge < -0.3 is 5.32 Å². The average Bonchev–Trinajstić information content (AvgIpc) is 2.48. The van der Waals surface area contributed by atoms with E-state index in [0.29, 0.717) is 23.3 Å². The number of hydrogen-bond acceptors (Lipinski definition) is 1. The molecule has 3 unspecified atom stereocenters. The Bertz CT molecular complexity index is 459. The van der Waals surface area contributed by atoms with Gasteiger partial charge in [0, 0.05) is 0 Å². The van der Waals surface area contributed by atoms with Crippen LogP contribution in [0.1, 0.15) is 51.5 Å². The number of benzene rings is 1. The molecule has 21 heavy (non-hydrogen) atoms. The van der Waals surface area contributed by atoms with Crippen LogP contribution in [-0.2, 0) is 0 Å². The molecule has 1 nitrogen and oxygen atoms in total. The van der Waals surface area contributed by atoms with Crippen molar-refractivity contribution in [3.8, 4) is 0 Å². The lowest BCUT2D eigenvalue weighted by atomic mass is 9.68. The number of hydrogen-bond donors (Lipinski definition) is 1. The molecule has 1 aromatic rings. The van der Waals surface area contributed by atoms with Crippen molar-refractivity contribution in [2.24, 2.45) is 17.8 Å². The van der Waals surface area contributed by atoms with Gasteiger partial charge in [0.15, 0.2) is 11.6 Å². The highest BCUT2D eigenvalue weighted by molar-refractivity contribution is 5.24. The smallest absolute Gasteiger partial charge is 0.162 e. The first-order chi connectivity index (χ1) is 10.0. The molecule has 3 heteroatoms. The van der Waals surface area contributed by atoms with Crippen LogP contribution in [-0.4, -0.2) is 13.1 Å². The Hall–Kier alpha value is -0.960. The number of halogens is 2. The van der Waals surface area contributed by atoms with Gasteiger partial charge in [-0.05, 0) is 67.7 Å². The topological polar surface area (TPSA) is 12.0 Å². The lowest BCUT2D eigenvalue weighted by Crippen LogP contribution is -2.33. The zero-order chi connectivity index (χ0) is 15.4. The van der Waals surface area contributed by atoms with E-state index in [1.165, 1.54) is 12.5 Å². The highest BCUT2D eigenvalue weighted by Crippen LogP contribution is 2.43. The molecule has 0 aliphatic heterocycles. The van der Waals surface area contributed by atoms with Crippen molar-refractivity contribution < 1.29 is 8.78 Å². The quantitative estimate of drug-likeness (QED) is 0.828. The molecule has 0 spiro atoms. The van der Waals surface area contributed by atoms with E-state index in [2.05, 4.69) is 26.1 Å². The van der Waals surface area contributed by atoms with Gasteiger partial charge in [0.2, 0.25) is 0 Å². The van der Waals surface area contributed by atoms with Gasteiger partial charge in [-0.2, -0.15) is 0 Å². The van der Waals surface area contributed by atoms with Crippen molar-refractivity contribution in [3.63, 3.8) is 0 Å². The summed E-state index contributed by atoms with van der Waals surface area (Å²) in [6.45, 7) is 8.35. The van der Waals surface area contributed by atoms with E-state index in [1.807, 2.05) is 0 Å². The molecular weight excluding hydrogens is 268 g/mol. The molecule has 0 radical (unpaired) electrons. The number of rotatable bonds is 5. The van der Waals surface area contributed by atoms with Crippen LogP contribution in [0.15, 0.2) is 18.2 Å². The number of nitrogens with one attached hydrogen (secondary N) is 1. The first-order valence-electron chi connectivity index (χ1n) is 8.19. The Morgan fingerprint density at radius 1 is 1.24 bits per heavy atom. The van der Waals surface area contributed by atoms with Crippen LogP contribution >= 0.6 is 0 Å². The third-order valence-electron chi connectivity index (χ3n) is 5.01. The normalized spacial score (nSPS) is 26.3. The molecule has 1 fully saturated rings. The summed E-state index contributed by atoms with van der Waals surface area (Å²) in [5.41, 5.74) is 0.572. The van der Waals surface area contributed by atoms with Crippen LogP contribution in [0.2, 0.25) is 0 Å². The van der Waals surface area contributed by atoms with Crippen LogP contribution in [0.25, 0.3) is 0 Å². The van der Waals surface area contributed by atoms with E-state index >= 15 is 0 Å². The maximum absolute atomic E-state index is 14.2. The van der Waals surface area contributed by atoms with E-state index in [9.17, 15) is 8.78 Å². The van der Waals surface area contributed by atoms with E-state index in [1.54, 1.807) is 12.1 Å². The molecule has 2 rings (SSSR count). The van der Waals surface area contributed by atoms with E-state index in [0.717, 1.165) is 25.9 Å². The highest BCUT2D eigenvalue weighted by atomic mass is 19.2. The third kappa shape index (κ3) is 3.82. The Kier molecular flexibility index (Phi) is 5.74. The van der Waals surface area contributed by atoms with Gasteiger partial charge in [0.05, 0.1) is 0 Å². The van der Waals surface area contributed by atoms with E-state index in [4.69, 9.17) is 0 Å². The van der Waals surface area contributed by atoms with Crippen molar-refractivity contribution >= 4 is 0 Å². The van der Waals surface area contributed by atoms with Gasteiger partial charge in [0.1, 0.15) is 0 Å². The van der Waals surface area contributed by atoms with Crippen molar-refractivity contribution in [3.05, 3.63) is 35.4 Å². The summed E-state index contributed by atoms with van der Waals surface area (Å²) in [4.78, 5) is 0. The molecule has 0 aromatic heterocycles. The molecule has 118 valence electrons. The van der Waals surface area contributed by atoms with Crippen molar-refractivity contribution in [1.29, 1.82) is 0 Å². The first-order valence-corrected chi connectivity index (χ1v) is 8.19. The SMILES string of the molecule is CCNCC1CCC(C(C)C)CC1c1cccc(F)c1F. The van der Waals surface area contributed by atoms with Crippen LogP contribution in [0, 0.1) is 29.4 Å². The summed E-state index contributed by atoms with van der Waals surface area (Å²) in [7, 11) is 0. The summed E-state index contributed by atoms with van der Waals surface area (Å²) in [5, 5.41) is 3.38. The fourth-order valence-corrected chi connectivity index (χ4v) is 3.63. The van der Waals surface area contributed by atoms with Crippen molar-refractivity contribution in [1.82, 2.24) is 5.32 Å². The molecule has 1 saturated carbocycles. The third-order valence-corrected chi connectivity index (χ3v) is 5.01. The average molecular weight is 295 g/mol. The zero-order valence-corrected chi connectivity index (χ0v) is 13.3. The minimum Gasteiger partial charge on any atom is -0.317 e. The molecule has 0 bridgehead atoms. The van der Waals surface area contributed by atoms with Crippen LogP contribution < -0.4 is 5.32 Å². The molecule has 3 atom stereocenters. The van der Waals surface area contributed by atoms with Crippen molar-refractivity contribution in [2.45, 2.75) is 46.0 Å². The standard InChI is InChI=1S/C18H27F2N/c1-4-21-11-14-9-8-13(12(2)3)10-16(14)15-6-5-7-17(19)18(15)20/h5-7,12-14,16,21H,4,8-11H2,1-3H3. The Morgan fingerprint density at radius 3 is 2.67 bits per heavy atom. The van der Waals surface area contributed by atoms with Gasteiger partial charge in [-0.3, -0.25) is 0 Å². The minimum absolute atomic E-state index is 0.126. The maximum Gasteiger partial charge on any atom is 0.162 e. The molecule has 1 aliphatic rings. The Morgan fingerprint density at radius 2 is 2.00 bits per heavy atom. The summed E-state index contributed by atoms with van der Waals surface area (Å²) in [6, 6.07) is 4.61. The molecule has 0 saturated heterocycles. The summed E-state index contributed by atoms with van der Waals surface area (Å²) in [6.07, 6.45) is 3.26. The second-order valence-electron chi connectivity index (χ2n) is 6.63. The second kappa shape index (κ2) is 7.35. The Labute approximate surface area is 127 Å². The van der Waals surface area contributed by atoms with Gasteiger partial charge in [-0.25, -0.2) is 8.78 Å².